The Balaban J connectivity index is 2.09. The predicted octanol–water partition coefficient (Wildman–Crippen LogP) is 0.222. The van der Waals surface area contributed by atoms with Crippen molar-refractivity contribution in [3.05, 3.63) is 30.1 Å². The van der Waals surface area contributed by atoms with Gasteiger partial charge < -0.3 is 0 Å². The molecular weight excluding hydrogens is 218 g/mol. The highest BCUT2D eigenvalue weighted by Gasteiger charge is 2.19. The fourth-order valence-electron chi connectivity index (χ4n) is 1.42. The van der Waals surface area contributed by atoms with E-state index >= 15 is 0 Å². The van der Waals surface area contributed by atoms with E-state index in [0.717, 1.165) is 17.6 Å². The van der Waals surface area contributed by atoms with E-state index in [0.29, 0.717) is 6.54 Å². The third kappa shape index (κ3) is 2.87. The van der Waals surface area contributed by atoms with Crippen LogP contribution in [0.5, 0.6) is 0 Å². The second kappa shape index (κ2) is 5.20. The van der Waals surface area contributed by atoms with Gasteiger partial charge in [0.2, 0.25) is 0 Å². The lowest BCUT2D eigenvalue weighted by Gasteiger charge is -2.28. The number of carbonyl (C=O) groups is 1. The maximum atomic E-state index is 10.8. The zero-order valence-electron chi connectivity index (χ0n) is 9.45. The molecule has 0 saturated carbocycles. The van der Waals surface area contributed by atoms with E-state index in [1.165, 1.54) is 0 Å². The molecule has 0 saturated heterocycles. The van der Waals surface area contributed by atoms with Crippen LogP contribution in [-0.4, -0.2) is 40.9 Å². The molecule has 2 rings (SSSR count). The van der Waals surface area contributed by atoms with Gasteiger partial charge >= 0.3 is 0 Å². The number of hydrogen-bond acceptors (Lipinski definition) is 6. The summed E-state index contributed by atoms with van der Waals surface area (Å²) in [6.07, 6.45) is 5.34. The quantitative estimate of drug-likeness (QED) is 0.597. The average Bonchev–Trinajstić information content (AvgIpc) is 2.38. The zero-order valence-corrected chi connectivity index (χ0v) is 9.45. The van der Waals surface area contributed by atoms with E-state index in [1.807, 2.05) is 19.1 Å². The van der Waals surface area contributed by atoms with Gasteiger partial charge in [-0.1, -0.05) is 6.07 Å². The lowest BCUT2D eigenvalue weighted by atomic mass is 10.3. The Labute approximate surface area is 99.0 Å². The van der Waals surface area contributed by atoms with Crippen LogP contribution in [0.25, 0.3) is 0 Å². The third-order valence-electron chi connectivity index (χ3n) is 2.27. The Morgan fingerprint density at radius 2 is 2.53 bits per heavy atom. The minimum Gasteiger partial charge on any atom is -0.299 e. The van der Waals surface area contributed by atoms with Gasteiger partial charge in [-0.15, -0.1) is 0 Å². The Morgan fingerprint density at radius 3 is 3.24 bits per heavy atom. The molecule has 1 aromatic rings. The molecule has 0 radical (unpaired) electrons. The molecule has 6 nitrogen and oxygen atoms in total. The minimum absolute atomic E-state index is 0.508. The van der Waals surface area contributed by atoms with Gasteiger partial charge in [0.25, 0.3) is 0 Å². The molecule has 0 bridgehead atoms. The van der Waals surface area contributed by atoms with Crippen molar-refractivity contribution in [2.45, 2.75) is 13.1 Å². The summed E-state index contributed by atoms with van der Waals surface area (Å²) in [4.78, 5) is 14.8. The summed E-state index contributed by atoms with van der Waals surface area (Å²) in [5, 5.41) is 9.89. The summed E-state index contributed by atoms with van der Waals surface area (Å²) in [6, 6.07) is 3.73. The van der Waals surface area contributed by atoms with Gasteiger partial charge in [0.05, 0.1) is 18.5 Å². The smallest absolute Gasteiger partial charge is 0.187 e. The van der Waals surface area contributed by atoms with Crippen LogP contribution in [0, 0.1) is 0 Å². The lowest BCUT2D eigenvalue weighted by molar-refractivity contribution is -0.113. The molecule has 0 amide bonds. The van der Waals surface area contributed by atoms with Crippen LogP contribution in [0.2, 0.25) is 0 Å². The van der Waals surface area contributed by atoms with Crippen molar-refractivity contribution in [1.29, 1.82) is 0 Å². The van der Waals surface area contributed by atoms with Crippen molar-refractivity contribution >= 4 is 18.2 Å². The van der Waals surface area contributed by atoms with Gasteiger partial charge in [0, 0.05) is 18.0 Å². The highest BCUT2D eigenvalue weighted by Crippen LogP contribution is 2.02. The molecule has 1 atom stereocenters. The van der Waals surface area contributed by atoms with Gasteiger partial charge in [-0.05, 0) is 13.0 Å². The molecule has 1 aliphatic heterocycles. The normalized spacial score (nSPS) is 19.9. The first-order chi connectivity index (χ1) is 8.29. The fourth-order valence-corrected chi connectivity index (χ4v) is 1.42. The van der Waals surface area contributed by atoms with E-state index in [1.54, 1.807) is 23.6 Å². The molecule has 17 heavy (non-hydrogen) atoms. The fraction of sp³-hybridized carbons (Fsp3) is 0.273. The summed E-state index contributed by atoms with van der Waals surface area (Å²) in [5.41, 5.74) is 4.49. The number of aromatic nitrogens is 1. The molecule has 0 spiro atoms. The largest absolute Gasteiger partial charge is 0.299 e. The molecule has 88 valence electrons. The summed E-state index contributed by atoms with van der Waals surface area (Å²) >= 11 is 0. The topological polar surface area (TPSA) is 70.0 Å². The number of aldehydes is 1. The van der Waals surface area contributed by atoms with Crippen LogP contribution in [0.4, 0.5) is 0 Å². The summed E-state index contributed by atoms with van der Waals surface area (Å²) in [6.45, 7) is 2.41. The van der Waals surface area contributed by atoms with E-state index in [9.17, 15) is 4.79 Å². The average molecular weight is 231 g/mol. The van der Waals surface area contributed by atoms with Gasteiger partial charge in [0.1, 0.15) is 0 Å². The second-order valence-corrected chi connectivity index (χ2v) is 3.69. The maximum absolute atomic E-state index is 10.8. The number of rotatable bonds is 3. The Kier molecular flexibility index (Phi) is 3.44. The number of hydrogen-bond donors (Lipinski definition) is 1. The van der Waals surface area contributed by atoms with Gasteiger partial charge in [-0.3, -0.25) is 20.2 Å². The molecule has 0 fully saturated rings. The Bertz CT molecular complexity index is 442. The molecule has 1 aliphatic rings. The van der Waals surface area contributed by atoms with E-state index in [4.69, 9.17) is 0 Å². The van der Waals surface area contributed by atoms with Crippen molar-refractivity contribution < 1.29 is 4.79 Å². The maximum Gasteiger partial charge on any atom is 0.187 e. The highest BCUT2D eigenvalue weighted by molar-refractivity contribution is 5.85. The zero-order chi connectivity index (χ0) is 12.1. The van der Waals surface area contributed by atoms with Crippen LogP contribution >= 0.6 is 0 Å². The second-order valence-electron chi connectivity index (χ2n) is 3.69. The SMILES string of the molecule is CC1=NNC(C=O)N(N=Cc2cccnc2)C1. The summed E-state index contributed by atoms with van der Waals surface area (Å²) < 4.78 is 0. The first-order valence-electron chi connectivity index (χ1n) is 5.24. The van der Waals surface area contributed by atoms with Crippen LogP contribution in [-0.2, 0) is 4.79 Å². The van der Waals surface area contributed by atoms with Gasteiger partial charge in [0.15, 0.2) is 12.5 Å². The molecule has 0 aliphatic carbocycles. The standard InChI is InChI=1S/C11H13N5O/c1-9-7-16(11(8-17)15-14-9)13-6-10-3-2-4-12-5-10/h2-6,8,11,15H,7H2,1H3. The molecule has 1 N–H and O–H groups in total. The van der Waals surface area contributed by atoms with Crippen molar-refractivity contribution in [1.82, 2.24) is 15.4 Å². The van der Waals surface area contributed by atoms with E-state index < -0.39 is 6.17 Å². The highest BCUT2D eigenvalue weighted by atomic mass is 16.1. The first kappa shape index (κ1) is 11.3. The van der Waals surface area contributed by atoms with Crippen molar-refractivity contribution in [3.63, 3.8) is 0 Å². The Morgan fingerprint density at radius 1 is 1.65 bits per heavy atom. The predicted molar refractivity (Wildman–Crippen MR) is 64.6 cm³/mol. The van der Waals surface area contributed by atoms with E-state index in [-0.39, 0.29) is 0 Å². The first-order valence-corrected chi connectivity index (χ1v) is 5.24. The van der Waals surface area contributed by atoms with Gasteiger partial charge in [-0.2, -0.15) is 10.2 Å². The summed E-state index contributed by atoms with van der Waals surface area (Å²) in [7, 11) is 0. The van der Waals surface area contributed by atoms with Crippen LogP contribution in [0.15, 0.2) is 34.7 Å². The number of nitrogens with one attached hydrogen (secondary N) is 1. The Hall–Kier alpha value is -2.24. The van der Waals surface area contributed by atoms with Crippen LogP contribution in [0.3, 0.4) is 0 Å². The molecular formula is C11H13N5O. The molecule has 1 aromatic heterocycles. The molecule has 1 unspecified atom stereocenters. The molecule has 0 aromatic carbocycles. The number of hydrazone groups is 2. The summed E-state index contributed by atoms with van der Waals surface area (Å²) in [5.74, 6) is 0. The monoisotopic (exact) mass is 231 g/mol. The van der Waals surface area contributed by atoms with Gasteiger partial charge in [-0.25, -0.2) is 0 Å². The van der Waals surface area contributed by atoms with E-state index in [2.05, 4.69) is 20.6 Å². The molecule has 2 heterocycles. The number of carbonyl (C=O) groups excluding carboxylic acids is 1. The van der Waals surface area contributed by atoms with Crippen molar-refractivity contribution in [2.24, 2.45) is 10.2 Å². The van der Waals surface area contributed by atoms with Crippen LogP contribution in [0.1, 0.15) is 12.5 Å². The third-order valence-corrected chi connectivity index (χ3v) is 2.27. The lowest BCUT2D eigenvalue weighted by Crippen LogP contribution is -2.48. The molecule has 6 heteroatoms. The van der Waals surface area contributed by atoms with Crippen molar-refractivity contribution in [3.8, 4) is 0 Å². The minimum atomic E-state index is -0.508. The van der Waals surface area contributed by atoms with Crippen LogP contribution < -0.4 is 5.43 Å². The van der Waals surface area contributed by atoms with Crippen molar-refractivity contribution in [2.75, 3.05) is 6.54 Å². The number of pyridine rings is 1. The number of nitrogens with zero attached hydrogens (tertiary/aromatic N) is 4.